The highest BCUT2D eigenvalue weighted by molar-refractivity contribution is 6.32. The van der Waals surface area contributed by atoms with Gasteiger partial charge in [0.15, 0.2) is 0 Å². The van der Waals surface area contributed by atoms with Gasteiger partial charge in [-0.1, -0.05) is 23.7 Å². The third-order valence-electron chi connectivity index (χ3n) is 8.82. The number of aliphatic hydroxyl groups is 1. The van der Waals surface area contributed by atoms with Gasteiger partial charge >= 0.3 is 6.18 Å². The average molecular weight is 609 g/mol. The molecule has 0 spiro atoms. The van der Waals surface area contributed by atoms with Gasteiger partial charge in [-0.25, -0.2) is 4.98 Å². The van der Waals surface area contributed by atoms with E-state index < -0.39 is 23.2 Å². The monoisotopic (exact) mass is 608 g/mol. The Morgan fingerprint density at radius 1 is 1.02 bits per heavy atom. The number of aromatic nitrogens is 1. The molecule has 1 atom stereocenters. The van der Waals surface area contributed by atoms with Gasteiger partial charge < -0.3 is 24.5 Å². The van der Waals surface area contributed by atoms with E-state index in [0.29, 0.717) is 30.1 Å². The van der Waals surface area contributed by atoms with Crippen LogP contribution in [-0.2, 0) is 10.4 Å². The van der Waals surface area contributed by atoms with Crippen molar-refractivity contribution in [2.24, 2.45) is 11.8 Å². The molecular formula is C30H36ClF3N4O4. The number of likely N-dealkylation sites (N-methyl/N-ethyl adjacent to an activating group) is 1. The Morgan fingerprint density at radius 2 is 1.69 bits per heavy atom. The van der Waals surface area contributed by atoms with E-state index in [1.54, 1.807) is 26.2 Å². The average Bonchev–Trinajstić information content (AvgIpc) is 3.74. The normalized spacial score (nSPS) is 22.6. The highest BCUT2D eigenvalue weighted by Crippen LogP contribution is 2.46. The molecule has 0 bridgehead atoms. The van der Waals surface area contributed by atoms with Crippen molar-refractivity contribution in [3.05, 3.63) is 52.7 Å². The van der Waals surface area contributed by atoms with Crippen LogP contribution in [-0.4, -0.2) is 84.3 Å². The van der Waals surface area contributed by atoms with Gasteiger partial charge in [-0.3, -0.25) is 9.59 Å². The summed E-state index contributed by atoms with van der Waals surface area (Å²) in [6, 6.07) is 8.21. The van der Waals surface area contributed by atoms with Crippen molar-refractivity contribution in [1.29, 1.82) is 0 Å². The van der Waals surface area contributed by atoms with E-state index in [9.17, 15) is 27.9 Å². The maximum Gasteiger partial charge on any atom is 0.430 e. The van der Waals surface area contributed by atoms with Crippen molar-refractivity contribution < 1.29 is 32.6 Å². The van der Waals surface area contributed by atoms with Gasteiger partial charge in [-0.2, -0.15) is 13.2 Å². The fourth-order valence-corrected chi connectivity index (χ4v) is 6.16. The second-order valence-electron chi connectivity index (χ2n) is 11.9. The molecule has 3 aliphatic rings. The van der Waals surface area contributed by atoms with E-state index in [2.05, 4.69) is 9.88 Å². The number of halogens is 4. The smallest absolute Gasteiger partial charge is 0.430 e. The van der Waals surface area contributed by atoms with Crippen molar-refractivity contribution in [3.8, 4) is 5.75 Å². The maximum atomic E-state index is 14.3. The zero-order chi connectivity index (χ0) is 30.4. The molecule has 1 aliphatic heterocycles. The van der Waals surface area contributed by atoms with E-state index in [4.69, 9.17) is 16.3 Å². The second kappa shape index (κ2) is 11.6. The molecule has 2 amide bonds. The van der Waals surface area contributed by atoms with E-state index in [-0.39, 0.29) is 34.9 Å². The van der Waals surface area contributed by atoms with E-state index in [1.165, 1.54) is 24.1 Å². The minimum Gasteiger partial charge on any atom is -0.490 e. The summed E-state index contributed by atoms with van der Waals surface area (Å²) < 4.78 is 48.5. The summed E-state index contributed by atoms with van der Waals surface area (Å²) >= 11 is 6.29. The number of carbonyl (C=O) groups is 2. The summed E-state index contributed by atoms with van der Waals surface area (Å²) in [7, 11) is 4.64. The zero-order valence-corrected chi connectivity index (χ0v) is 24.7. The van der Waals surface area contributed by atoms with Crippen LogP contribution in [0, 0.1) is 11.8 Å². The Hall–Kier alpha value is -3.05. The topological polar surface area (TPSA) is 86.2 Å². The molecule has 1 aromatic heterocycles. The Morgan fingerprint density at radius 3 is 2.26 bits per heavy atom. The van der Waals surface area contributed by atoms with Crippen LogP contribution in [0.4, 0.5) is 19.0 Å². The number of hydrogen-bond acceptors (Lipinski definition) is 6. The molecule has 0 radical (unpaired) electrons. The lowest BCUT2D eigenvalue weighted by Gasteiger charge is -2.48. The highest BCUT2D eigenvalue weighted by atomic mass is 35.5. The first-order valence-corrected chi connectivity index (χ1v) is 14.6. The molecule has 2 aromatic rings. The molecule has 228 valence electrons. The number of rotatable bonds is 8. The molecular weight excluding hydrogens is 573 g/mol. The number of nitrogens with zero attached hydrogens (tertiary/aromatic N) is 4. The van der Waals surface area contributed by atoms with Crippen LogP contribution < -0.4 is 9.64 Å². The van der Waals surface area contributed by atoms with Crippen LogP contribution in [0.25, 0.3) is 0 Å². The van der Waals surface area contributed by atoms with Gasteiger partial charge in [0.1, 0.15) is 16.7 Å². The molecule has 42 heavy (non-hydrogen) atoms. The molecule has 1 N–H and O–H groups in total. The standard InChI is InChI=1S/C30H36ClF3N4O4/c1-36(2)27(39)24-9-10-25(35-26(24)31)38-13-11-18(12-14-38)19-15-21(16-19)37(3)28(40)29(41,30(32,33)34)20-5-4-6-23(17-20)42-22-7-8-22/h4-6,9-10,17-19,21-22,41H,7-8,11-16H2,1-3H3/t19?,21?,29-/m1/s1. The van der Waals surface area contributed by atoms with Gasteiger partial charge in [-0.15, -0.1) is 0 Å². The minimum absolute atomic E-state index is 0.0373. The Labute approximate surface area is 248 Å². The molecule has 1 aromatic carbocycles. The number of benzene rings is 1. The lowest BCUT2D eigenvalue weighted by Crippen LogP contribution is -2.59. The quantitative estimate of drug-likeness (QED) is 0.430. The minimum atomic E-state index is -5.21. The lowest BCUT2D eigenvalue weighted by atomic mass is 9.68. The summed E-state index contributed by atoms with van der Waals surface area (Å²) in [5, 5.41) is 11.1. The molecule has 8 nitrogen and oxygen atoms in total. The van der Waals surface area contributed by atoms with Crippen molar-refractivity contribution >= 4 is 29.2 Å². The predicted molar refractivity (Wildman–Crippen MR) is 152 cm³/mol. The van der Waals surface area contributed by atoms with Crippen LogP contribution in [0.1, 0.15) is 54.4 Å². The Kier molecular flexibility index (Phi) is 8.37. The number of hydrogen-bond donors (Lipinski definition) is 1. The summed E-state index contributed by atoms with van der Waals surface area (Å²) in [6.07, 6.45) is -0.691. The lowest BCUT2D eigenvalue weighted by molar-refractivity contribution is -0.263. The number of piperidine rings is 1. The molecule has 3 fully saturated rings. The SMILES string of the molecule is CN(C)C(=O)c1ccc(N2CCC(C3CC(N(C)C(=O)[C@](O)(c4cccc(OC5CC5)c4)C(F)(F)F)C3)CC2)nc1Cl. The summed E-state index contributed by atoms with van der Waals surface area (Å²) in [5.74, 6) is -0.0501. The van der Waals surface area contributed by atoms with Crippen molar-refractivity contribution in [1.82, 2.24) is 14.8 Å². The third kappa shape index (κ3) is 5.90. The number of carbonyl (C=O) groups excluding carboxylic acids is 2. The first-order chi connectivity index (χ1) is 19.8. The van der Waals surface area contributed by atoms with Gasteiger partial charge in [0.05, 0.1) is 11.7 Å². The first kappa shape index (κ1) is 30.4. The number of alkyl halides is 3. The summed E-state index contributed by atoms with van der Waals surface area (Å²) in [4.78, 5) is 34.6. The molecule has 1 saturated heterocycles. The molecule has 2 saturated carbocycles. The number of pyridine rings is 1. The summed E-state index contributed by atoms with van der Waals surface area (Å²) in [6.45, 7) is 1.47. The van der Waals surface area contributed by atoms with Crippen molar-refractivity contribution in [3.63, 3.8) is 0 Å². The summed E-state index contributed by atoms with van der Waals surface area (Å²) in [5.41, 5.74) is -3.86. The van der Waals surface area contributed by atoms with Gasteiger partial charge in [0.2, 0.25) is 0 Å². The fraction of sp³-hybridized carbons (Fsp3) is 0.567. The molecule has 2 aliphatic carbocycles. The molecule has 5 rings (SSSR count). The zero-order valence-electron chi connectivity index (χ0n) is 23.9. The first-order valence-electron chi connectivity index (χ1n) is 14.3. The fourth-order valence-electron chi connectivity index (χ4n) is 5.93. The maximum absolute atomic E-state index is 14.3. The largest absolute Gasteiger partial charge is 0.490 e. The molecule has 0 unspecified atom stereocenters. The van der Waals surface area contributed by atoms with Gasteiger partial charge in [0.25, 0.3) is 17.4 Å². The van der Waals surface area contributed by atoms with Crippen molar-refractivity contribution in [2.45, 2.75) is 62.4 Å². The highest BCUT2D eigenvalue weighted by Gasteiger charge is 2.62. The second-order valence-corrected chi connectivity index (χ2v) is 12.2. The number of ether oxygens (including phenoxy) is 1. The molecule has 2 heterocycles. The van der Waals surface area contributed by atoms with Crippen LogP contribution in [0.5, 0.6) is 5.75 Å². The van der Waals surface area contributed by atoms with Crippen LogP contribution in [0.2, 0.25) is 5.15 Å². The van der Waals surface area contributed by atoms with E-state index in [1.807, 2.05) is 0 Å². The van der Waals surface area contributed by atoms with Gasteiger partial charge in [-0.05, 0) is 74.6 Å². The third-order valence-corrected chi connectivity index (χ3v) is 9.11. The number of amides is 2. The number of anilines is 1. The van der Waals surface area contributed by atoms with Crippen LogP contribution >= 0.6 is 11.6 Å². The van der Waals surface area contributed by atoms with Crippen LogP contribution in [0.3, 0.4) is 0 Å². The Balaban J connectivity index is 1.18. The van der Waals surface area contributed by atoms with Crippen LogP contribution in [0.15, 0.2) is 36.4 Å². The van der Waals surface area contributed by atoms with Gasteiger partial charge in [0, 0.05) is 45.8 Å². The predicted octanol–water partition coefficient (Wildman–Crippen LogP) is 4.88. The van der Waals surface area contributed by atoms with Crippen molar-refractivity contribution in [2.75, 3.05) is 39.1 Å². The molecule has 12 heteroatoms. The van der Waals surface area contributed by atoms with E-state index in [0.717, 1.165) is 55.8 Å². The Bertz CT molecular complexity index is 1320. The van der Waals surface area contributed by atoms with E-state index >= 15 is 0 Å².